The number of halogens is 5. The van der Waals surface area contributed by atoms with Gasteiger partial charge in [-0.25, -0.2) is 0 Å². The Morgan fingerprint density at radius 1 is 1.33 bits per heavy atom. The van der Waals surface area contributed by atoms with E-state index < -0.39 is 12.1 Å². The van der Waals surface area contributed by atoms with Gasteiger partial charge in [0.15, 0.2) is 0 Å². The molecule has 0 spiro atoms. The van der Waals surface area contributed by atoms with Crippen LogP contribution in [0, 0.1) is 0 Å². The maximum absolute atomic E-state index is 11.9. The molecule has 7 heteroatoms. The van der Waals surface area contributed by atoms with Crippen LogP contribution in [-0.4, -0.2) is 6.36 Å². The second kappa shape index (κ2) is 4.37. The molecule has 0 saturated carbocycles. The number of anilines is 1. The lowest BCUT2D eigenvalue weighted by atomic mass is 10.2. The average Bonchev–Trinajstić information content (AvgIpc) is 2.07. The minimum atomic E-state index is -4.79. The molecule has 1 aromatic carbocycles. The van der Waals surface area contributed by atoms with Crippen LogP contribution in [0.2, 0.25) is 5.02 Å². The third-order valence-electron chi connectivity index (χ3n) is 1.56. The molecule has 84 valence electrons. The number of nitrogens with two attached hydrogens (primary N) is 1. The molecule has 1 aromatic rings. The van der Waals surface area contributed by atoms with Crippen molar-refractivity contribution < 1.29 is 17.9 Å². The van der Waals surface area contributed by atoms with E-state index in [0.717, 1.165) is 6.07 Å². The zero-order valence-corrected chi connectivity index (χ0v) is 8.75. The molecule has 0 atom stereocenters. The number of hydrogen-bond donors (Lipinski definition) is 1. The van der Waals surface area contributed by atoms with Crippen LogP contribution in [-0.2, 0) is 5.88 Å². The molecule has 0 amide bonds. The smallest absolute Gasteiger partial charge is 0.404 e. The Morgan fingerprint density at radius 2 is 1.93 bits per heavy atom. The molecule has 0 aliphatic heterocycles. The Hall–Kier alpha value is -0.810. The van der Waals surface area contributed by atoms with Crippen molar-refractivity contribution in [1.82, 2.24) is 0 Å². The third kappa shape index (κ3) is 3.35. The molecule has 1 rings (SSSR count). The zero-order valence-electron chi connectivity index (χ0n) is 7.24. The molecule has 0 bridgehead atoms. The SMILES string of the molecule is Nc1cc(Cl)c(OC(F)(F)F)cc1CCl. The van der Waals surface area contributed by atoms with Crippen LogP contribution < -0.4 is 10.5 Å². The van der Waals surface area contributed by atoms with E-state index in [1.54, 1.807) is 0 Å². The fourth-order valence-corrected chi connectivity index (χ4v) is 1.37. The summed E-state index contributed by atoms with van der Waals surface area (Å²) in [5, 5.41) is -0.210. The molecule has 2 N–H and O–H groups in total. The summed E-state index contributed by atoms with van der Waals surface area (Å²) >= 11 is 11.0. The van der Waals surface area contributed by atoms with E-state index in [4.69, 9.17) is 28.9 Å². The van der Waals surface area contributed by atoms with Crippen LogP contribution in [0.4, 0.5) is 18.9 Å². The second-order valence-corrected chi connectivity index (χ2v) is 3.34. The molecule has 0 unspecified atom stereocenters. The standard InChI is InChI=1S/C8H6Cl2F3NO/c9-3-4-1-7(15-8(11,12)13)5(10)2-6(4)14/h1-2H,3,14H2. The molecular formula is C8H6Cl2F3NO. The first kappa shape index (κ1) is 12.3. The van der Waals surface area contributed by atoms with Crippen LogP contribution in [0.5, 0.6) is 5.75 Å². The van der Waals surface area contributed by atoms with Crippen molar-refractivity contribution in [2.45, 2.75) is 12.2 Å². The summed E-state index contributed by atoms with van der Waals surface area (Å²) in [6, 6.07) is 2.23. The Morgan fingerprint density at radius 3 is 2.40 bits per heavy atom. The van der Waals surface area contributed by atoms with Gasteiger partial charge in [-0.15, -0.1) is 24.8 Å². The summed E-state index contributed by atoms with van der Waals surface area (Å²) in [7, 11) is 0. The average molecular weight is 260 g/mol. The number of benzene rings is 1. The summed E-state index contributed by atoms with van der Waals surface area (Å²) in [5.41, 5.74) is 6.02. The van der Waals surface area contributed by atoms with Crippen LogP contribution >= 0.6 is 23.2 Å². The van der Waals surface area contributed by atoms with Crippen molar-refractivity contribution >= 4 is 28.9 Å². The Kier molecular flexibility index (Phi) is 3.57. The van der Waals surface area contributed by atoms with Gasteiger partial charge >= 0.3 is 6.36 Å². The quantitative estimate of drug-likeness (QED) is 0.651. The van der Waals surface area contributed by atoms with Gasteiger partial charge in [-0.3, -0.25) is 0 Å². The summed E-state index contributed by atoms with van der Waals surface area (Å²) in [4.78, 5) is 0. The van der Waals surface area contributed by atoms with Crippen molar-refractivity contribution in [2.24, 2.45) is 0 Å². The minimum Gasteiger partial charge on any atom is -0.404 e. The zero-order chi connectivity index (χ0) is 11.6. The number of hydrogen-bond acceptors (Lipinski definition) is 2. The number of rotatable bonds is 2. The van der Waals surface area contributed by atoms with Gasteiger partial charge in [0, 0.05) is 11.6 Å². The highest BCUT2D eigenvalue weighted by atomic mass is 35.5. The van der Waals surface area contributed by atoms with Gasteiger partial charge in [0.2, 0.25) is 0 Å². The third-order valence-corrected chi connectivity index (χ3v) is 2.15. The van der Waals surface area contributed by atoms with Crippen molar-refractivity contribution in [2.75, 3.05) is 5.73 Å². The van der Waals surface area contributed by atoms with E-state index in [1.807, 2.05) is 0 Å². The summed E-state index contributed by atoms with van der Waals surface area (Å²) < 4.78 is 39.4. The summed E-state index contributed by atoms with van der Waals surface area (Å²) in [6.45, 7) is 0. The van der Waals surface area contributed by atoms with Gasteiger partial charge in [0.25, 0.3) is 0 Å². The number of ether oxygens (including phenoxy) is 1. The minimum absolute atomic E-state index is 0.0166. The van der Waals surface area contributed by atoms with Crippen LogP contribution in [0.3, 0.4) is 0 Å². The van der Waals surface area contributed by atoms with Crippen molar-refractivity contribution in [3.63, 3.8) is 0 Å². The van der Waals surface area contributed by atoms with Crippen LogP contribution in [0.25, 0.3) is 0 Å². The van der Waals surface area contributed by atoms with Crippen molar-refractivity contribution in [1.29, 1.82) is 0 Å². The monoisotopic (exact) mass is 259 g/mol. The molecule has 2 nitrogen and oxygen atoms in total. The molecule has 0 radical (unpaired) electrons. The maximum Gasteiger partial charge on any atom is 0.573 e. The van der Waals surface area contributed by atoms with E-state index in [0.29, 0.717) is 5.56 Å². The first-order chi connectivity index (χ1) is 6.83. The van der Waals surface area contributed by atoms with Crippen LogP contribution in [0.1, 0.15) is 5.56 Å². The molecule has 0 fully saturated rings. The predicted molar refractivity (Wildman–Crippen MR) is 52.1 cm³/mol. The second-order valence-electron chi connectivity index (χ2n) is 2.66. The fraction of sp³-hybridized carbons (Fsp3) is 0.250. The summed E-state index contributed by atoms with van der Waals surface area (Å²) in [5.74, 6) is -0.522. The van der Waals surface area contributed by atoms with E-state index in [-0.39, 0.29) is 16.6 Å². The van der Waals surface area contributed by atoms with Crippen molar-refractivity contribution in [3.05, 3.63) is 22.7 Å². The van der Waals surface area contributed by atoms with Gasteiger partial charge in [-0.1, -0.05) is 11.6 Å². The highest BCUT2D eigenvalue weighted by Gasteiger charge is 2.32. The van der Waals surface area contributed by atoms with E-state index in [1.165, 1.54) is 6.07 Å². The van der Waals surface area contributed by atoms with Gasteiger partial charge in [-0.05, 0) is 17.7 Å². The lowest BCUT2D eigenvalue weighted by molar-refractivity contribution is -0.274. The predicted octanol–water partition coefficient (Wildman–Crippen LogP) is 3.56. The van der Waals surface area contributed by atoms with E-state index >= 15 is 0 Å². The van der Waals surface area contributed by atoms with Gasteiger partial charge in [0.05, 0.1) is 5.02 Å². The topological polar surface area (TPSA) is 35.2 Å². The molecule has 0 saturated heterocycles. The highest BCUT2D eigenvalue weighted by molar-refractivity contribution is 6.32. The molecule has 0 heterocycles. The molecule has 15 heavy (non-hydrogen) atoms. The number of nitrogen functional groups attached to an aromatic ring is 1. The molecule has 0 aliphatic carbocycles. The molecular weight excluding hydrogens is 254 g/mol. The fourth-order valence-electron chi connectivity index (χ4n) is 0.929. The van der Waals surface area contributed by atoms with Gasteiger partial charge in [-0.2, -0.15) is 0 Å². The Bertz CT molecular complexity index is 368. The van der Waals surface area contributed by atoms with E-state index in [2.05, 4.69) is 4.74 Å². The Balaban J connectivity index is 3.08. The number of alkyl halides is 4. The first-order valence-electron chi connectivity index (χ1n) is 3.73. The maximum atomic E-state index is 11.9. The van der Waals surface area contributed by atoms with Gasteiger partial charge < -0.3 is 10.5 Å². The molecule has 0 aromatic heterocycles. The highest BCUT2D eigenvalue weighted by Crippen LogP contribution is 2.34. The lowest BCUT2D eigenvalue weighted by Crippen LogP contribution is -2.17. The normalized spacial score (nSPS) is 11.5. The summed E-state index contributed by atoms with van der Waals surface area (Å²) in [6.07, 6.45) is -4.79. The van der Waals surface area contributed by atoms with Crippen molar-refractivity contribution in [3.8, 4) is 5.75 Å². The Labute approximate surface area is 93.7 Å². The largest absolute Gasteiger partial charge is 0.573 e. The first-order valence-corrected chi connectivity index (χ1v) is 4.64. The van der Waals surface area contributed by atoms with Crippen LogP contribution in [0.15, 0.2) is 12.1 Å². The van der Waals surface area contributed by atoms with Gasteiger partial charge in [0.1, 0.15) is 5.75 Å². The molecule has 0 aliphatic rings. The lowest BCUT2D eigenvalue weighted by Gasteiger charge is -2.12. The van der Waals surface area contributed by atoms with E-state index in [9.17, 15) is 13.2 Å².